The topological polar surface area (TPSA) is 49.8 Å². The molecule has 0 aromatic carbocycles. The quantitative estimate of drug-likeness (QED) is 0.750. The third-order valence-electron chi connectivity index (χ3n) is 2.39. The van der Waals surface area contributed by atoms with Crippen LogP contribution in [0.4, 0.5) is 24.8 Å². The molecule has 19 heavy (non-hydrogen) atoms. The average Bonchev–Trinajstić information content (AvgIpc) is 2.26. The Labute approximate surface area is 110 Å². The number of hydrogen-bond donors (Lipinski definition) is 2. The van der Waals surface area contributed by atoms with E-state index in [9.17, 15) is 13.2 Å². The summed E-state index contributed by atoms with van der Waals surface area (Å²) in [5, 5.41) is 6.08. The van der Waals surface area contributed by atoms with Crippen LogP contribution in [0, 0.1) is 6.92 Å². The Morgan fingerprint density at radius 1 is 1.11 bits per heavy atom. The van der Waals surface area contributed by atoms with Crippen LogP contribution in [-0.4, -0.2) is 29.2 Å². The van der Waals surface area contributed by atoms with Crippen molar-refractivity contribution in [1.82, 2.24) is 9.97 Å². The number of unbranched alkanes of at least 4 members (excludes halogenated alkanes) is 1. The number of rotatable bonds is 7. The summed E-state index contributed by atoms with van der Waals surface area (Å²) in [6.45, 7) is 4.96. The maximum atomic E-state index is 11.9. The van der Waals surface area contributed by atoms with Crippen molar-refractivity contribution in [2.24, 2.45) is 0 Å². The van der Waals surface area contributed by atoms with Crippen molar-refractivity contribution in [1.29, 1.82) is 0 Å². The van der Waals surface area contributed by atoms with E-state index in [0.717, 1.165) is 6.54 Å². The van der Waals surface area contributed by atoms with Gasteiger partial charge in [-0.15, -0.1) is 0 Å². The van der Waals surface area contributed by atoms with Gasteiger partial charge in [-0.1, -0.05) is 0 Å². The Morgan fingerprint density at radius 2 is 1.74 bits per heavy atom. The number of aromatic nitrogens is 2. The zero-order valence-electron chi connectivity index (χ0n) is 11.1. The fourth-order valence-corrected chi connectivity index (χ4v) is 1.60. The van der Waals surface area contributed by atoms with Gasteiger partial charge >= 0.3 is 6.18 Å². The van der Waals surface area contributed by atoms with E-state index in [0.29, 0.717) is 30.4 Å². The van der Waals surface area contributed by atoms with Crippen LogP contribution in [0.2, 0.25) is 0 Å². The minimum Gasteiger partial charge on any atom is -0.370 e. The first kappa shape index (κ1) is 15.5. The maximum Gasteiger partial charge on any atom is 0.389 e. The zero-order chi connectivity index (χ0) is 14.3. The molecule has 0 saturated carbocycles. The first-order valence-corrected chi connectivity index (χ1v) is 6.31. The molecule has 0 saturated heterocycles. The molecule has 4 nitrogen and oxygen atoms in total. The number of nitrogens with zero attached hydrogens (tertiary/aromatic N) is 2. The van der Waals surface area contributed by atoms with Crippen molar-refractivity contribution in [3.05, 3.63) is 11.9 Å². The van der Waals surface area contributed by atoms with Crippen molar-refractivity contribution < 1.29 is 13.2 Å². The van der Waals surface area contributed by atoms with Crippen molar-refractivity contribution in [2.45, 2.75) is 39.3 Å². The summed E-state index contributed by atoms with van der Waals surface area (Å²) in [6.07, 6.45) is -4.22. The molecule has 7 heteroatoms. The molecule has 1 aromatic heterocycles. The summed E-state index contributed by atoms with van der Waals surface area (Å²) >= 11 is 0. The number of nitrogens with one attached hydrogen (secondary N) is 2. The lowest BCUT2D eigenvalue weighted by Gasteiger charge is -2.09. The second-order valence-electron chi connectivity index (χ2n) is 4.22. The van der Waals surface area contributed by atoms with Gasteiger partial charge in [0.05, 0.1) is 0 Å². The highest BCUT2D eigenvalue weighted by molar-refractivity contribution is 5.47. The van der Waals surface area contributed by atoms with Gasteiger partial charge in [0.2, 0.25) is 0 Å². The lowest BCUT2D eigenvalue weighted by Crippen LogP contribution is -2.10. The molecular formula is C12H19F3N4. The Morgan fingerprint density at radius 3 is 2.32 bits per heavy atom. The highest BCUT2D eigenvalue weighted by atomic mass is 19.4. The minimum atomic E-state index is -4.07. The van der Waals surface area contributed by atoms with Crippen molar-refractivity contribution >= 4 is 11.6 Å². The second-order valence-corrected chi connectivity index (χ2v) is 4.22. The van der Waals surface area contributed by atoms with E-state index in [1.807, 2.05) is 6.92 Å². The second kappa shape index (κ2) is 7.16. The van der Waals surface area contributed by atoms with E-state index in [-0.39, 0.29) is 6.42 Å². The van der Waals surface area contributed by atoms with Gasteiger partial charge in [0.15, 0.2) is 0 Å². The SMILES string of the molecule is CCNc1cc(NCCCCC(F)(F)F)nc(C)n1. The zero-order valence-corrected chi connectivity index (χ0v) is 11.1. The van der Waals surface area contributed by atoms with E-state index in [4.69, 9.17) is 0 Å². The van der Waals surface area contributed by atoms with Crippen molar-refractivity contribution in [2.75, 3.05) is 23.7 Å². The predicted molar refractivity (Wildman–Crippen MR) is 69.3 cm³/mol. The monoisotopic (exact) mass is 276 g/mol. The minimum absolute atomic E-state index is 0.126. The lowest BCUT2D eigenvalue weighted by molar-refractivity contribution is -0.135. The Balaban J connectivity index is 2.36. The van der Waals surface area contributed by atoms with E-state index < -0.39 is 12.6 Å². The molecule has 1 heterocycles. The summed E-state index contributed by atoms with van der Waals surface area (Å²) in [5.41, 5.74) is 0. The number of halogens is 3. The first-order valence-electron chi connectivity index (χ1n) is 6.31. The third kappa shape index (κ3) is 6.83. The van der Waals surface area contributed by atoms with Crippen LogP contribution < -0.4 is 10.6 Å². The fraction of sp³-hybridized carbons (Fsp3) is 0.667. The molecule has 0 spiro atoms. The smallest absolute Gasteiger partial charge is 0.370 e. The van der Waals surface area contributed by atoms with Crippen LogP contribution >= 0.6 is 0 Å². The summed E-state index contributed by atoms with van der Waals surface area (Å²) in [6, 6.07) is 1.75. The van der Waals surface area contributed by atoms with Gasteiger partial charge < -0.3 is 10.6 Å². The first-order chi connectivity index (χ1) is 8.90. The molecule has 0 aliphatic heterocycles. The maximum absolute atomic E-state index is 11.9. The van der Waals surface area contributed by atoms with Crippen molar-refractivity contribution in [3.63, 3.8) is 0 Å². The molecule has 0 atom stereocenters. The molecular weight excluding hydrogens is 257 g/mol. The molecule has 0 aliphatic rings. The number of alkyl halides is 3. The molecule has 0 radical (unpaired) electrons. The van der Waals surface area contributed by atoms with Gasteiger partial charge in [0.25, 0.3) is 0 Å². The highest BCUT2D eigenvalue weighted by Crippen LogP contribution is 2.22. The van der Waals surface area contributed by atoms with E-state index >= 15 is 0 Å². The van der Waals surface area contributed by atoms with Crippen LogP contribution in [0.5, 0.6) is 0 Å². The van der Waals surface area contributed by atoms with Crippen LogP contribution in [0.3, 0.4) is 0 Å². The molecule has 1 rings (SSSR count). The normalized spacial score (nSPS) is 11.4. The van der Waals surface area contributed by atoms with Crippen LogP contribution in [0.15, 0.2) is 6.07 Å². The van der Waals surface area contributed by atoms with Crippen LogP contribution in [0.1, 0.15) is 32.0 Å². The van der Waals surface area contributed by atoms with Gasteiger partial charge in [-0.25, -0.2) is 9.97 Å². The predicted octanol–water partition coefficient (Wildman–Crippen LogP) is 3.36. The molecule has 0 aliphatic carbocycles. The van der Waals surface area contributed by atoms with Gasteiger partial charge in [0, 0.05) is 25.6 Å². The molecule has 0 fully saturated rings. The lowest BCUT2D eigenvalue weighted by atomic mass is 10.2. The van der Waals surface area contributed by atoms with Gasteiger partial charge in [-0.2, -0.15) is 13.2 Å². The average molecular weight is 276 g/mol. The number of aryl methyl sites for hydroxylation is 1. The Bertz CT molecular complexity index is 393. The van der Waals surface area contributed by atoms with E-state index in [1.54, 1.807) is 13.0 Å². The Hall–Kier alpha value is -1.53. The number of hydrogen-bond acceptors (Lipinski definition) is 4. The van der Waals surface area contributed by atoms with Gasteiger partial charge in [-0.3, -0.25) is 0 Å². The molecule has 0 amide bonds. The fourth-order valence-electron chi connectivity index (χ4n) is 1.60. The Kier molecular flexibility index (Phi) is 5.85. The van der Waals surface area contributed by atoms with E-state index in [2.05, 4.69) is 20.6 Å². The molecule has 2 N–H and O–H groups in total. The van der Waals surface area contributed by atoms with Gasteiger partial charge in [0.1, 0.15) is 17.5 Å². The molecule has 1 aromatic rings. The largest absolute Gasteiger partial charge is 0.389 e. The molecule has 0 bridgehead atoms. The van der Waals surface area contributed by atoms with Crippen LogP contribution in [0.25, 0.3) is 0 Å². The standard InChI is InChI=1S/C12H19F3N4/c1-3-16-10-8-11(19-9(2)18-10)17-7-5-4-6-12(13,14)15/h8H,3-7H2,1-2H3,(H2,16,17,18,19). The summed E-state index contributed by atoms with van der Waals surface area (Å²) < 4.78 is 35.8. The summed E-state index contributed by atoms with van der Waals surface area (Å²) in [7, 11) is 0. The van der Waals surface area contributed by atoms with Gasteiger partial charge in [-0.05, 0) is 26.7 Å². The molecule has 108 valence electrons. The third-order valence-corrected chi connectivity index (χ3v) is 2.39. The van der Waals surface area contributed by atoms with Crippen LogP contribution in [-0.2, 0) is 0 Å². The summed E-state index contributed by atoms with van der Waals surface area (Å²) in [5.74, 6) is 1.97. The summed E-state index contributed by atoms with van der Waals surface area (Å²) in [4.78, 5) is 8.37. The molecule has 0 unspecified atom stereocenters. The van der Waals surface area contributed by atoms with Crippen molar-refractivity contribution in [3.8, 4) is 0 Å². The highest BCUT2D eigenvalue weighted by Gasteiger charge is 2.25. The van der Waals surface area contributed by atoms with E-state index in [1.165, 1.54) is 0 Å². The number of anilines is 2.